The number of phenols is 1. The number of aromatic hydroxyl groups is 1. The molecule has 0 saturated carbocycles. The second-order valence-corrected chi connectivity index (χ2v) is 13.9. The summed E-state index contributed by atoms with van der Waals surface area (Å²) < 4.78 is 0. The van der Waals surface area contributed by atoms with Gasteiger partial charge in [0.05, 0.1) is 22.8 Å². The molecule has 0 spiro atoms. The summed E-state index contributed by atoms with van der Waals surface area (Å²) in [7, 11) is 0. The fraction of sp³-hybridized carbons (Fsp3) is 0. The summed E-state index contributed by atoms with van der Waals surface area (Å²) in [6.07, 6.45) is 8.19. The van der Waals surface area contributed by atoms with E-state index in [1.54, 1.807) is 12.1 Å². The van der Waals surface area contributed by atoms with E-state index >= 15 is 0 Å². The van der Waals surface area contributed by atoms with Crippen LogP contribution in [0.2, 0.25) is 15.1 Å². The average Bonchev–Trinajstić information content (AvgIpc) is 3.99. The van der Waals surface area contributed by atoms with Gasteiger partial charge in [0.15, 0.2) is 0 Å². The van der Waals surface area contributed by atoms with Gasteiger partial charge in [-0.2, -0.15) is 0 Å². The standard InChI is InChI=1S/C44H27Cl3N4O.Ni/c45-29-9-1-25(2-10-29)41-33-17-19-35(48-33)42(26-3-11-30(46)12-4-26)37-21-23-39(50-37)44(28-7-15-32(52)16-8-28)40-24-22-38(51-40)43(36-20-18-34(41)49-36)27-5-13-31(47)14-6-27;/h1-24,48,51-52H;. The number of benzene rings is 4. The van der Waals surface area contributed by atoms with Crippen LogP contribution in [0.5, 0.6) is 5.75 Å². The molecule has 0 fully saturated rings. The normalized spacial score (nSPS) is 11.8. The Morgan fingerprint density at radius 1 is 0.358 bits per heavy atom. The maximum atomic E-state index is 10.2. The fourth-order valence-electron chi connectivity index (χ4n) is 6.90. The summed E-state index contributed by atoms with van der Waals surface area (Å²) in [4.78, 5) is 18.0. The van der Waals surface area contributed by atoms with Gasteiger partial charge in [0.25, 0.3) is 0 Å². The van der Waals surface area contributed by atoms with Gasteiger partial charge < -0.3 is 15.1 Å². The Bertz CT molecular complexity index is 2380. The molecule has 260 valence electrons. The Hall–Kier alpha value is -5.36. The van der Waals surface area contributed by atoms with Crippen molar-refractivity contribution in [3.05, 3.63) is 159 Å². The minimum absolute atomic E-state index is 0. The molecule has 7 aromatic rings. The summed E-state index contributed by atoms with van der Waals surface area (Å²) in [5.41, 5.74) is 14.1. The summed E-state index contributed by atoms with van der Waals surface area (Å²) in [5, 5.41) is 12.1. The topological polar surface area (TPSA) is 77.6 Å². The van der Waals surface area contributed by atoms with Gasteiger partial charge in [0.2, 0.25) is 0 Å². The average molecular weight is 793 g/mol. The van der Waals surface area contributed by atoms with Crippen molar-refractivity contribution in [2.75, 3.05) is 0 Å². The molecule has 0 unspecified atom stereocenters. The quantitative estimate of drug-likeness (QED) is 0.155. The Balaban J connectivity index is 0.00000400. The van der Waals surface area contributed by atoms with Gasteiger partial charge in [-0.3, -0.25) is 0 Å². The van der Waals surface area contributed by atoms with Crippen molar-refractivity contribution >= 4 is 81.2 Å². The molecule has 53 heavy (non-hydrogen) atoms. The van der Waals surface area contributed by atoms with Gasteiger partial charge in [0.1, 0.15) is 5.75 Å². The summed E-state index contributed by atoms with van der Waals surface area (Å²) >= 11 is 19.1. The summed E-state index contributed by atoms with van der Waals surface area (Å²) in [5.74, 6) is 0.188. The van der Waals surface area contributed by atoms with Gasteiger partial charge in [-0.25, -0.2) is 9.97 Å². The smallest absolute Gasteiger partial charge is 0.115 e. The number of aromatic amines is 2. The number of hydrogen-bond donors (Lipinski definition) is 3. The van der Waals surface area contributed by atoms with E-state index in [0.29, 0.717) is 15.1 Å². The second kappa shape index (κ2) is 14.2. The molecule has 0 aliphatic carbocycles. The Kier molecular flexibility index (Phi) is 9.32. The van der Waals surface area contributed by atoms with Crippen LogP contribution in [0.3, 0.4) is 0 Å². The van der Waals surface area contributed by atoms with Gasteiger partial charge >= 0.3 is 0 Å². The molecule has 9 rings (SSSR count). The molecule has 8 bridgehead atoms. The molecule has 5 heterocycles. The van der Waals surface area contributed by atoms with Crippen LogP contribution in [0, 0.1) is 0 Å². The first-order valence-corrected chi connectivity index (χ1v) is 17.7. The fourth-order valence-corrected chi connectivity index (χ4v) is 7.28. The third kappa shape index (κ3) is 6.60. The van der Waals surface area contributed by atoms with Crippen LogP contribution in [-0.2, 0) is 16.5 Å². The molecule has 9 heteroatoms. The summed E-state index contributed by atoms with van der Waals surface area (Å²) in [6, 6.07) is 38.9. The van der Waals surface area contributed by atoms with Crippen LogP contribution < -0.4 is 0 Å². The first-order chi connectivity index (χ1) is 25.4. The third-order valence-corrected chi connectivity index (χ3v) is 10.1. The van der Waals surface area contributed by atoms with Crippen molar-refractivity contribution in [2.45, 2.75) is 0 Å². The van der Waals surface area contributed by atoms with Crippen LogP contribution in [0.15, 0.2) is 121 Å². The SMILES string of the molecule is Oc1ccc(-c2c3nc(c(-c4ccc(Cl)cc4)c4ccc([nH]4)c(-c4ccc(Cl)cc4)c4nc(c(-c5ccc(Cl)cc5)c5ccc2[nH]5)C=C4)C=C3)cc1.[Ni]. The zero-order valence-electron chi connectivity index (χ0n) is 27.6. The van der Waals surface area contributed by atoms with Gasteiger partial charge in [-0.05, 0) is 119 Å². The van der Waals surface area contributed by atoms with E-state index in [1.807, 2.05) is 97.1 Å². The molecule has 0 atom stereocenters. The second-order valence-electron chi connectivity index (χ2n) is 12.6. The van der Waals surface area contributed by atoms with Crippen LogP contribution >= 0.6 is 34.8 Å². The van der Waals surface area contributed by atoms with Crippen molar-refractivity contribution in [1.82, 2.24) is 19.9 Å². The van der Waals surface area contributed by atoms with Crippen LogP contribution in [-0.4, -0.2) is 25.0 Å². The predicted octanol–water partition coefficient (Wildman–Crippen LogP) is 13.0. The number of H-pyrrole nitrogens is 2. The maximum Gasteiger partial charge on any atom is 0.115 e. The van der Waals surface area contributed by atoms with Gasteiger partial charge in [-0.15, -0.1) is 0 Å². The number of phenolic OH excluding ortho intramolecular Hbond substituents is 1. The van der Waals surface area contributed by atoms with Crippen LogP contribution in [0.1, 0.15) is 22.8 Å². The number of aromatic nitrogens is 4. The third-order valence-electron chi connectivity index (χ3n) is 9.31. The molecule has 3 aromatic heterocycles. The largest absolute Gasteiger partial charge is 0.508 e. The molecule has 2 aliphatic heterocycles. The Labute approximate surface area is 330 Å². The van der Waals surface area contributed by atoms with E-state index in [9.17, 15) is 5.11 Å². The maximum absolute atomic E-state index is 10.2. The van der Waals surface area contributed by atoms with E-state index in [1.165, 1.54) is 0 Å². The van der Waals surface area contributed by atoms with E-state index in [4.69, 9.17) is 44.8 Å². The van der Waals surface area contributed by atoms with Crippen LogP contribution in [0.25, 0.3) is 90.9 Å². The molecule has 2 aliphatic rings. The number of hydrogen-bond acceptors (Lipinski definition) is 3. The van der Waals surface area contributed by atoms with Gasteiger partial charge in [0, 0.05) is 75.9 Å². The minimum Gasteiger partial charge on any atom is -0.508 e. The number of fused-ring (bicyclic) bond motifs is 8. The first-order valence-electron chi connectivity index (χ1n) is 16.6. The zero-order valence-corrected chi connectivity index (χ0v) is 30.9. The number of rotatable bonds is 4. The Morgan fingerprint density at radius 3 is 0.868 bits per heavy atom. The molecule has 5 nitrogen and oxygen atoms in total. The van der Waals surface area contributed by atoms with Crippen molar-refractivity contribution in [3.63, 3.8) is 0 Å². The Morgan fingerprint density at radius 2 is 0.604 bits per heavy atom. The van der Waals surface area contributed by atoms with E-state index in [0.717, 1.165) is 89.4 Å². The van der Waals surface area contributed by atoms with E-state index in [2.05, 4.69) is 46.4 Å². The van der Waals surface area contributed by atoms with Gasteiger partial charge in [-0.1, -0.05) is 83.3 Å². The molecule has 0 amide bonds. The van der Waals surface area contributed by atoms with Crippen molar-refractivity contribution in [3.8, 4) is 50.3 Å². The number of halogens is 3. The van der Waals surface area contributed by atoms with Crippen molar-refractivity contribution in [1.29, 1.82) is 0 Å². The molecular weight excluding hydrogens is 766 g/mol. The first kappa shape index (κ1) is 34.7. The number of nitrogens with one attached hydrogen (secondary N) is 2. The molecule has 3 N–H and O–H groups in total. The summed E-state index contributed by atoms with van der Waals surface area (Å²) in [6.45, 7) is 0. The zero-order chi connectivity index (χ0) is 35.3. The van der Waals surface area contributed by atoms with Crippen molar-refractivity contribution < 1.29 is 21.6 Å². The van der Waals surface area contributed by atoms with E-state index < -0.39 is 0 Å². The number of nitrogens with zero attached hydrogens (tertiary/aromatic N) is 2. The van der Waals surface area contributed by atoms with Crippen molar-refractivity contribution in [2.24, 2.45) is 0 Å². The molecule has 0 saturated heterocycles. The molecule has 0 radical (unpaired) electrons. The monoisotopic (exact) mass is 790 g/mol. The van der Waals surface area contributed by atoms with E-state index in [-0.39, 0.29) is 22.2 Å². The molecule has 4 aromatic carbocycles. The molecular formula is C44H27Cl3N4NiO. The predicted molar refractivity (Wildman–Crippen MR) is 217 cm³/mol. The minimum atomic E-state index is 0. The van der Waals surface area contributed by atoms with Crippen LogP contribution in [0.4, 0.5) is 0 Å².